The van der Waals surface area contributed by atoms with Crippen molar-refractivity contribution in [3.63, 3.8) is 0 Å². The van der Waals surface area contributed by atoms with Crippen LogP contribution in [0.4, 0.5) is 0 Å². The van der Waals surface area contributed by atoms with Crippen molar-refractivity contribution in [2.45, 2.75) is 18.4 Å². The highest BCUT2D eigenvalue weighted by molar-refractivity contribution is 7.99. The Bertz CT molecular complexity index is 643. The van der Waals surface area contributed by atoms with Crippen molar-refractivity contribution >= 4 is 17.8 Å². The Kier molecular flexibility index (Phi) is 7.16. The Labute approximate surface area is 156 Å². The molecule has 1 fully saturated rings. The molecule has 2 aromatic rings. The smallest absolute Gasteiger partial charge is 0.0234 e. The van der Waals surface area contributed by atoms with Crippen LogP contribution in [0.2, 0.25) is 0 Å². The molecule has 0 saturated carbocycles. The number of thioether (sulfide) groups is 1. The van der Waals surface area contributed by atoms with Gasteiger partial charge in [0.2, 0.25) is 0 Å². The van der Waals surface area contributed by atoms with Crippen molar-refractivity contribution < 1.29 is 0 Å². The van der Waals surface area contributed by atoms with Crippen molar-refractivity contribution in [1.82, 2.24) is 9.80 Å². The normalized spacial score (nSPS) is 16.5. The number of hydrogen-bond donors (Lipinski definition) is 0. The van der Waals surface area contributed by atoms with E-state index >= 15 is 0 Å². The van der Waals surface area contributed by atoms with Crippen LogP contribution in [0.1, 0.15) is 18.1 Å². The summed E-state index contributed by atoms with van der Waals surface area (Å²) >= 11 is 1.91. The largest absolute Gasteiger partial charge is 0.297 e. The minimum Gasteiger partial charge on any atom is -0.297 e. The molecule has 2 aromatic carbocycles. The van der Waals surface area contributed by atoms with Gasteiger partial charge in [0, 0.05) is 44.2 Å². The van der Waals surface area contributed by atoms with E-state index in [1.54, 1.807) is 0 Å². The first-order valence-electron chi connectivity index (χ1n) is 9.21. The van der Waals surface area contributed by atoms with E-state index < -0.39 is 0 Å². The van der Waals surface area contributed by atoms with Crippen LogP contribution in [0.3, 0.4) is 0 Å². The Morgan fingerprint density at radius 3 is 2.24 bits per heavy atom. The molecule has 25 heavy (non-hydrogen) atoms. The fourth-order valence-corrected chi connectivity index (χ4v) is 3.81. The quantitative estimate of drug-likeness (QED) is 0.671. The number of hydrogen-bond acceptors (Lipinski definition) is 3. The van der Waals surface area contributed by atoms with Crippen LogP contribution in [0.5, 0.6) is 0 Å². The van der Waals surface area contributed by atoms with Crippen LogP contribution in [-0.2, 0) is 6.54 Å². The molecule has 3 heteroatoms. The molecule has 1 aliphatic rings. The highest BCUT2D eigenvalue weighted by Crippen LogP contribution is 2.18. The van der Waals surface area contributed by atoms with Gasteiger partial charge in [-0.25, -0.2) is 0 Å². The van der Waals surface area contributed by atoms with Crippen molar-refractivity contribution in [3.8, 4) is 0 Å². The van der Waals surface area contributed by atoms with E-state index in [9.17, 15) is 0 Å². The lowest BCUT2D eigenvalue weighted by atomic mass is 10.2. The molecule has 2 nitrogen and oxygen atoms in total. The number of piperazine rings is 1. The van der Waals surface area contributed by atoms with Crippen LogP contribution in [0, 0.1) is 0 Å². The molecular weight excluding hydrogens is 324 g/mol. The first kappa shape index (κ1) is 18.2. The monoisotopic (exact) mass is 352 g/mol. The zero-order valence-electron chi connectivity index (χ0n) is 15.1. The van der Waals surface area contributed by atoms with Gasteiger partial charge in [-0.15, -0.1) is 11.8 Å². The predicted molar refractivity (Wildman–Crippen MR) is 110 cm³/mol. The minimum atomic E-state index is 1.05. The average Bonchev–Trinajstić information content (AvgIpc) is 2.66. The van der Waals surface area contributed by atoms with E-state index in [1.165, 1.54) is 16.0 Å². The van der Waals surface area contributed by atoms with E-state index in [4.69, 9.17) is 0 Å². The third kappa shape index (κ3) is 6.03. The lowest BCUT2D eigenvalue weighted by molar-refractivity contribution is 0.137. The molecule has 1 saturated heterocycles. The molecule has 1 aliphatic heterocycles. The zero-order valence-corrected chi connectivity index (χ0v) is 15.9. The first-order chi connectivity index (χ1) is 12.3. The van der Waals surface area contributed by atoms with Gasteiger partial charge in [0.15, 0.2) is 0 Å². The van der Waals surface area contributed by atoms with Gasteiger partial charge in [-0.3, -0.25) is 9.80 Å². The van der Waals surface area contributed by atoms with Crippen molar-refractivity contribution in [1.29, 1.82) is 0 Å². The molecule has 0 N–H and O–H groups in total. The van der Waals surface area contributed by atoms with Crippen LogP contribution in [0.15, 0.2) is 65.6 Å². The first-order valence-corrected chi connectivity index (χ1v) is 10.2. The fourth-order valence-electron chi connectivity index (χ4n) is 3.15. The fraction of sp³-hybridized carbons (Fsp3) is 0.364. The minimum absolute atomic E-state index is 1.05. The number of nitrogens with zero attached hydrogens (tertiary/aromatic N) is 2. The Morgan fingerprint density at radius 1 is 0.880 bits per heavy atom. The predicted octanol–water partition coefficient (Wildman–Crippen LogP) is 4.63. The summed E-state index contributed by atoms with van der Waals surface area (Å²) in [5.41, 5.74) is 2.71. The second kappa shape index (κ2) is 9.81. The molecular formula is C22H28N2S. The maximum atomic E-state index is 2.57. The van der Waals surface area contributed by atoms with Gasteiger partial charge in [-0.05, 0) is 29.0 Å². The summed E-state index contributed by atoms with van der Waals surface area (Å²) in [5.74, 6) is 1.14. The Balaban J connectivity index is 1.40. The maximum absolute atomic E-state index is 2.57. The molecule has 0 aliphatic carbocycles. The van der Waals surface area contributed by atoms with Crippen molar-refractivity contribution in [3.05, 3.63) is 71.8 Å². The van der Waals surface area contributed by atoms with Gasteiger partial charge in [0.05, 0.1) is 0 Å². The van der Waals surface area contributed by atoms with Crippen LogP contribution in [0.25, 0.3) is 6.08 Å². The van der Waals surface area contributed by atoms with E-state index in [1.807, 2.05) is 11.8 Å². The molecule has 1 heterocycles. The molecule has 3 rings (SSSR count). The lowest BCUT2D eigenvalue weighted by Crippen LogP contribution is -2.45. The topological polar surface area (TPSA) is 6.48 Å². The highest BCUT2D eigenvalue weighted by atomic mass is 32.2. The van der Waals surface area contributed by atoms with Crippen molar-refractivity contribution in [2.75, 3.05) is 38.5 Å². The van der Waals surface area contributed by atoms with Crippen LogP contribution >= 0.6 is 11.8 Å². The summed E-state index contributed by atoms with van der Waals surface area (Å²) < 4.78 is 0. The average molecular weight is 353 g/mol. The van der Waals surface area contributed by atoms with Crippen LogP contribution in [-0.4, -0.2) is 48.3 Å². The molecule has 0 aromatic heterocycles. The lowest BCUT2D eigenvalue weighted by Gasteiger charge is -2.34. The number of benzene rings is 2. The standard InChI is InChI=1S/C22H28N2S/c1-2-25-22-12-10-21(11-13-22)19-24-17-15-23(16-18-24)14-6-9-20-7-4-3-5-8-20/h3-13H,2,14-19H2,1H3. The van der Waals surface area contributed by atoms with E-state index in [0.29, 0.717) is 0 Å². The molecule has 0 amide bonds. The molecule has 0 spiro atoms. The van der Waals surface area contributed by atoms with E-state index in [2.05, 4.69) is 83.5 Å². The second-order valence-corrected chi connectivity index (χ2v) is 7.80. The molecule has 0 radical (unpaired) electrons. The Morgan fingerprint density at radius 2 is 1.56 bits per heavy atom. The van der Waals surface area contributed by atoms with Gasteiger partial charge in [0.25, 0.3) is 0 Å². The van der Waals surface area contributed by atoms with Gasteiger partial charge in [0.1, 0.15) is 0 Å². The summed E-state index contributed by atoms with van der Waals surface area (Å²) in [6.45, 7) is 8.95. The van der Waals surface area contributed by atoms with Gasteiger partial charge < -0.3 is 0 Å². The summed E-state index contributed by atoms with van der Waals surface area (Å²) in [6, 6.07) is 19.6. The molecule has 0 unspecified atom stereocenters. The summed E-state index contributed by atoms with van der Waals surface area (Å²) in [7, 11) is 0. The summed E-state index contributed by atoms with van der Waals surface area (Å²) in [4.78, 5) is 6.48. The van der Waals surface area contributed by atoms with Crippen LogP contribution < -0.4 is 0 Å². The van der Waals surface area contributed by atoms with Gasteiger partial charge >= 0.3 is 0 Å². The second-order valence-electron chi connectivity index (χ2n) is 6.47. The maximum Gasteiger partial charge on any atom is 0.0234 e. The van der Waals surface area contributed by atoms with E-state index in [-0.39, 0.29) is 0 Å². The molecule has 0 bridgehead atoms. The molecule has 0 atom stereocenters. The van der Waals surface area contributed by atoms with Crippen molar-refractivity contribution in [2.24, 2.45) is 0 Å². The zero-order chi connectivity index (χ0) is 17.3. The number of rotatable bonds is 7. The summed E-state index contributed by atoms with van der Waals surface area (Å²) in [5, 5.41) is 0. The van der Waals surface area contributed by atoms with E-state index in [0.717, 1.165) is 45.0 Å². The third-order valence-corrected chi connectivity index (χ3v) is 5.47. The van der Waals surface area contributed by atoms with Gasteiger partial charge in [-0.1, -0.05) is 61.5 Å². The SMILES string of the molecule is CCSc1ccc(CN2CCN(CC=Cc3ccccc3)CC2)cc1. The third-order valence-electron chi connectivity index (χ3n) is 4.58. The van der Waals surface area contributed by atoms with Gasteiger partial charge in [-0.2, -0.15) is 0 Å². The molecule has 132 valence electrons. The Hall–Kier alpha value is -1.55. The highest BCUT2D eigenvalue weighted by Gasteiger charge is 2.15. The summed E-state index contributed by atoms with van der Waals surface area (Å²) in [6.07, 6.45) is 4.51.